The zero-order valence-electron chi connectivity index (χ0n) is 11.3. The van der Waals surface area contributed by atoms with Gasteiger partial charge in [0.05, 0.1) is 6.61 Å². The van der Waals surface area contributed by atoms with Gasteiger partial charge in [0, 0.05) is 5.56 Å². The van der Waals surface area contributed by atoms with Crippen molar-refractivity contribution in [2.24, 2.45) is 0 Å². The second kappa shape index (κ2) is 6.85. The van der Waals surface area contributed by atoms with E-state index in [2.05, 4.69) is 10.6 Å². The number of ether oxygens (including phenoxy) is 2. The average molecular weight is 306 g/mol. The first-order chi connectivity index (χ1) is 10.1. The number of hydrogen-bond donors (Lipinski definition) is 2. The van der Waals surface area contributed by atoms with Gasteiger partial charge >= 0.3 is 5.97 Å². The Kier molecular flexibility index (Phi) is 4.89. The molecule has 1 aliphatic heterocycles. The topological polar surface area (TPSA) is 76.7 Å². The molecule has 110 valence electrons. The molecule has 1 amide bonds. The Labute approximate surface area is 127 Å². The number of nitrogens with one attached hydrogen (secondary N) is 2. The molecule has 6 nitrogen and oxygen atoms in total. The highest BCUT2D eigenvalue weighted by Crippen LogP contribution is 2.21. The lowest BCUT2D eigenvalue weighted by atomic mass is 10.1. The summed E-state index contributed by atoms with van der Waals surface area (Å²) in [5, 5.41) is 5.48. The molecule has 2 N–H and O–H groups in total. The molecular formula is C14H14N2O4S. The van der Waals surface area contributed by atoms with Crippen LogP contribution in [0.15, 0.2) is 30.0 Å². The van der Waals surface area contributed by atoms with Gasteiger partial charge in [0.15, 0.2) is 11.7 Å². The number of benzene rings is 1. The van der Waals surface area contributed by atoms with Gasteiger partial charge in [-0.15, -0.1) is 0 Å². The first-order valence-corrected chi connectivity index (χ1v) is 6.72. The maximum absolute atomic E-state index is 11.6. The Hall–Kier alpha value is -2.41. The monoisotopic (exact) mass is 306 g/mol. The molecule has 1 saturated heterocycles. The summed E-state index contributed by atoms with van der Waals surface area (Å²) in [7, 11) is 0. The smallest absolute Gasteiger partial charge is 0.344 e. The summed E-state index contributed by atoms with van der Waals surface area (Å²) < 4.78 is 10.2. The summed E-state index contributed by atoms with van der Waals surface area (Å²) in [6.07, 6.45) is 1.61. The Morgan fingerprint density at radius 2 is 2.10 bits per heavy atom. The highest BCUT2D eigenvalue weighted by molar-refractivity contribution is 7.80. The Bertz CT molecular complexity index is 613. The molecule has 0 spiro atoms. The summed E-state index contributed by atoms with van der Waals surface area (Å²) >= 11 is 4.86. The van der Waals surface area contributed by atoms with Gasteiger partial charge < -0.3 is 14.8 Å². The lowest BCUT2D eigenvalue weighted by Gasteiger charge is -2.08. The fraction of sp³-hybridized carbons (Fsp3) is 0.214. The van der Waals surface area contributed by atoms with Crippen LogP contribution in [0, 0.1) is 0 Å². The molecule has 7 heteroatoms. The number of thiocarbonyl (C=S) groups is 1. The van der Waals surface area contributed by atoms with Crippen LogP contribution < -0.4 is 15.4 Å². The van der Waals surface area contributed by atoms with E-state index in [1.807, 2.05) is 0 Å². The summed E-state index contributed by atoms with van der Waals surface area (Å²) in [5.74, 6) is -0.275. The molecule has 0 bridgehead atoms. The van der Waals surface area contributed by atoms with Crippen molar-refractivity contribution < 1.29 is 19.1 Å². The molecule has 0 saturated carbocycles. The Balaban J connectivity index is 2.14. The molecule has 0 aliphatic carbocycles. The summed E-state index contributed by atoms with van der Waals surface area (Å²) in [5.41, 5.74) is 0.983. The van der Waals surface area contributed by atoms with Crippen molar-refractivity contribution in [1.29, 1.82) is 0 Å². The van der Waals surface area contributed by atoms with Crippen LogP contribution in [-0.4, -0.2) is 30.2 Å². The van der Waals surface area contributed by atoms with Gasteiger partial charge in [0.2, 0.25) is 0 Å². The number of para-hydroxylation sites is 1. The summed E-state index contributed by atoms with van der Waals surface area (Å²) in [6, 6.07) is 7.05. The van der Waals surface area contributed by atoms with Crippen LogP contribution in [-0.2, 0) is 14.3 Å². The van der Waals surface area contributed by atoms with E-state index in [-0.39, 0.29) is 17.6 Å². The number of amides is 1. The minimum Gasteiger partial charge on any atom is -0.481 e. The average Bonchev–Trinajstić information content (AvgIpc) is 2.76. The molecule has 1 fully saturated rings. The van der Waals surface area contributed by atoms with Crippen molar-refractivity contribution in [3.8, 4) is 5.75 Å². The zero-order valence-corrected chi connectivity index (χ0v) is 12.2. The predicted octanol–water partition coefficient (Wildman–Crippen LogP) is 0.974. The van der Waals surface area contributed by atoms with Crippen LogP contribution in [0.3, 0.4) is 0 Å². The summed E-state index contributed by atoms with van der Waals surface area (Å²) in [4.78, 5) is 22.9. The zero-order chi connectivity index (χ0) is 15.2. The molecule has 1 aromatic carbocycles. The summed E-state index contributed by atoms with van der Waals surface area (Å²) in [6.45, 7) is 1.84. The van der Waals surface area contributed by atoms with E-state index < -0.39 is 5.97 Å². The minimum absolute atomic E-state index is 0.188. The SMILES string of the molecule is CCOC(=O)COc1ccccc1/C=C1/NC(=S)NC1=O. The lowest BCUT2D eigenvalue weighted by molar-refractivity contribution is -0.145. The van der Waals surface area contributed by atoms with Crippen molar-refractivity contribution in [2.75, 3.05) is 13.2 Å². The molecule has 0 aromatic heterocycles. The molecule has 0 atom stereocenters. The van der Waals surface area contributed by atoms with Gasteiger partial charge in [-0.1, -0.05) is 18.2 Å². The van der Waals surface area contributed by atoms with Gasteiger partial charge in [-0.25, -0.2) is 4.79 Å². The number of hydrogen-bond acceptors (Lipinski definition) is 5. The number of carbonyl (C=O) groups excluding carboxylic acids is 2. The highest BCUT2D eigenvalue weighted by atomic mass is 32.1. The molecule has 0 radical (unpaired) electrons. The molecule has 2 rings (SSSR count). The second-order valence-electron chi connectivity index (χ2n) is 4.10. The van der Waals surface area contributed by atoms with Crippen LogP contribution in [0.1, 0.15) is 12.5 Å². The molecule has 0 unspecified atom stereocenters. The molecule has 1 aliphatic rings. The first-order valence-electron chi connectivity index (χ1n) is 6.31. The van der Waals surface area contributed by atoms with E-state index in [0.29, 0.717) is 23.6 Å². The normalized spacial score (nSPS) is 15.6. The van der Waals surface area contributed by atoms with E-state index in [4.69, 9.17) is 21.7 Å². The fourth-order valence-corrected chi connectivity index (χ4v) is 1.91. The third kappa shape index (κ3) is 4.03. The standard InChI is InChI=1S/C14H14N2O4S/c1-2-19-12(17)8-20-11-6-4-3-5-9(11)7-10-13(18)16-14(21)15-10/h3-7H,2,8H2,1H3,(H2,15,16,18,21)/b10-7+. The van der Waals surface area contributed by atoms with E-state index in [0.717, 1.165) is 0 Å². The molecule has 1 aromatic rings. The van der Waals surface area contributed by atoms with Crippen molar-refractivity contribution in [3.05, 3.63) is 35.5 Å². The quantitative estimate of drug-likeness (QED) is 0.480. The van der Waals surface area contributed by atoms with Gasteiger partial charge in [0.25, 0.3) is 5.91 Å². The second-order valence-corrected chi connectivity index (χ2v) is 4.51. The van der Waals surface area contributed by atoms with Crippen molar-refractivity contribution in [3.63, 3.8) is 0 Å². The molecule has 21 heavy (non-hydrogen) atoms. The maximum Gasteiger partial charge on any atom is 0.344 e. The molecule has 1 heterocycles. The van der Waals surface area contributed by atoms with Gasteiger partial charge in [-0.2, -0.15) is 0 Å². The van der Waals surface area contributed by atoms with Crippen LogP contribution in [0.5, 0.6) is 5.75 Å². The number of carbonyl (C=O) groups is 2. The third-order valence-electron chi connectivity index (χ3n) is 2.59. The van der Waals surface area contributed by atoms with Crippen LogP contribution >= 0.6 is 12.2 Å². The Morgan fingerprint density at radius 1 is 1.33 bits per heavy atom. The van der Waals surface area contributed by atoms with E-state index >= 15 is 0 Å². The first kappa shape index (κ1) is 15.0. The highest BCUT2D eigenvalue weighted by Gasteiger charge is 2.20. The van der Waals surface area contributed by atoms with Gasteiger partial charge in [-0.05, 0) is 31.3 Å². The number of esters is 1. The third-order valence-corrected chi connectivity index (χ3v) is 2.79. The van der Waals surface area contributed by atoms with Gasteiger partial charge in [-0.3, -0.25) is 10.1 Å². The van der Waals surface area contributed by atoms with Crippen LogP contribution in [0.2, 0.25) is 0 Å². The van der Waals surface area contributed by atoms with E-state index in [1.165, 1.54) is 0 Å². The van der Waals surface area contributed by atoms with Crippen molar-refractivity contribution in [1.82, 2.24) is 10.6 Å². The predicted molar refractivity (Wildman–Crippen MR) is 80.4 cm³/mol. The fourth-order valence-electron chi connectivity index (χ4n) is 1.71. The van der Waals surface area contributed by atoms with Gasteiger partial charge in [0.1, 0.15) is 11.4 Å². The van der Waals surface area contributed by atoms with E-state index in [9.17, 15) is 9.59 Å². The van der Waals surface area contributed by atoms with Crippen molar-refractivity contribution >= 4 is 35.3 Å². The largest absolute Gasteiger partial charge is 0.481 e. The lowest BCUT2D eigenvalue weighted by Crippen LogP contribution is -2.21. The van der Waals surface area contributed by atoms with E-state index in [1.54, 1.807) is 37.3 Å². The van der Waals surface area contributed by atoms with Crippen LogP contribution in [0.4, 0.5) is 0 Å². The maximum atomic E-state index is 11.6. The van der Waals surface area contributed by atoms with Crippen molar-refractivity contribution in [2.45, 2.75) is 6.92 Å². The Morgan fingerprint density at radius 3 is 2.76 bits per heavy atom. The number of rotatable bonds is 5. The molecular weight excluding hydrogens is 292 g/mol. The minimum atomic E-state index is -0.446. The van der Waals surface area contributed by atoms with Crippen LogP contribution in [0.25, 0.3) is 6.08 Å².